The lowest BCUT2D eigenvalue weighted by atomic mass is 10.1. The lowest BCUT2D eigenvalue weighted by Gasteiger charge is -2.07. The molecule has 2 rings (SSSR count). The van der Waals surface area contributed by atoms with Gasteiger partial charge in [0.15, 0.2) is 0 Å². The molecule has 0 fully saturated rings. The number of hydrogen-bond donors (Lipinski definition) is 2. The fraction of sp³-hybridized carbons (Fsp3) is 0.0769. The van der Waals surface area contributed by atoms with Crippen LogP contribution in [-0.2, 0) is 0 Å². The first-order chi connectivity index (χ1) is 8.58. The minimum atomic E-state index is -0.280. The second kappa shape index (κ2) is 5.18. The van der Waals surface area contributed by atoms with Crippen molar-refractivity contribution in [1.29, 1.82) is 0 Å². The molecular formula is C13H11BrN2O2. The molecule has 0 saturated carbocycles. The zero-order valence-corrected chi connectivity index (χ0v) is 11.2. The van der Waals surface area contributed by atoms with Gasteiger partial charge in [0, 0.05) is 18.0 Å². The predicted molar refractivity (Wildman–Crippen MR) is 72.7 cm³/mol. The fourth-order valence-electron chi connectivity index (χ4n) is 1.42. The molecule has 5 heteroatoms. The van der Waals surface area contributed by atoms with Crippen LogP contribution in [-0.4, -0.2) is 16.0 Å². The van der Waals surface area contributed by atoms with Crippen LogP contribution in [0.1, 0.15) is 15.9 Å². The third-order valence-corrected chi connectivity index (χ3v) is 3.12. The van der Waals surface area contributed by atoms with E-state index in [1.54, 1.807) is 37.5 Å². The molecule has 0 spiro atoms. The van der Waals surface area contributed by atoms with Gasteiger partial charge in [0.25, 0.3) is 5.91 Å². The number of aryl methyl sites for hydroxylation is 1. The highest BCUT2D eigenvalue weighted by atomic mass is 79.9. The molecule has 0 bridgehead atoms. The maximum Gasteiger partial charge on any atom is 0.255 e. The van der Waals surface area contributed by atoms with Crippen LogP contribution in [0.4, 0.5) is 5.69 Å². The summed E-state index contributed by atoms with van der Waals surface area (Å²) in [7, 11) is 0. The molecule has 0 atom stereocenters. The Hall–Kier alpha value is -1.88. The van der Waals surface area contributed by atoms with E-state index in [-0.39, 0.29) is 11.7 Å². The van der Waals surface area contributed by atoms with Gasteiger partial charge in [0.05, 0.1) is 10.2 Å². The van der Waals surface area contributed by atoms with Crippen LogP contribution in [0.15, 0.2) is 41.1 Å². The van der Waals surface area contributed by atoms with Crippen LogP contribution >= 0.6 is 15.9 Å². The lowest BCUT2D eigenvalue weighted by Crippen LogP contribution is -2.12. The van der Waals surface area contributed by atoms with Crippen molar-refractivity contribution in [2.75, 3.05) is 5.32 Å². The Morgan fingerprint density at radius 3 is 2.83 bits per heavy atom. The Labute approximate surface area is 113 Å². The lowest BCUT2D eigenvalue weighted by molar-refractivity contribution is 0.102. The molecule has 0 radical (unpaired) electrons. The van der Waals surface area contributed by atoms with Crippen molar-refractivity contribution >= 4 is 27.5 Å². The number of nitrogens with one attached hydrogen (secondary N) is 1. The number of rotatable bonds is 2. The summed E-state index contributed by atoms with van der Waals surface area (Å²) in [6.45, 7) is 1.77. The van der Waals surface area contributed by atoms with Crippen molar-refractivity contribution in [3.8, 4) is 5.75 Å². The summed E-state index contributed by atoms with van der Waals surface area (Å²) >= 11 is 3.30. The van der Waals surface area contributed by atoms with Gasteiger partial charge in [-0.25, -0.2) is 0 Å². The number of aromatic nitrogens is 1. The molecule has 92 valence electrons. The van der Waals surface area contributed by atoms with Crippen LogP contribution in [0, 0.1) is 6.92 Å². The Balaban J connectivity index is 2.22. The van der Waals surface area contributed by atoms with Gasteiger partial charge >= 0.3 is 0 Å². The number of phenols is 1. The van der Waals surface area contributed by atoms with Gasteiger partial charge < -0.3 is 10.4 Å². The number of hydrogen-bond acceptors (Lipinski definition) is 3. The highest BCUT2D eigenvalue weighted by Gasteiger charge is 2.09. The van der Waals surface area contributed by atoms with E-state index in [0.717, 1.165) is 5.56 Å². The standard InChI is InChI=1S/C13H11BrN2O2/c1-8-2-3-9(6-12(8)17)13(18)16-11-4-5-15-7-10(11)14/h2-7,17H,1H3,(H,15,16,18). The molecule has 4 nitrogen and oxygen atoms in total. The molecule has 0 aliphatic rings. The number of aromatic hydroxyl groups is 1. The first-order valence-corrected chi connectivity index (χ1v) is 6.07. The molecule has 18 heavy (non-hydrogen) atoms. The second-order valence-corrected chi connectivity index (χ2v) is 4.67. The first kappa shape index (κ1) is 12.6. The third kappa shape index (κ3) is 2.68. The highest BCUT2D eigenvalue weighted by molar-refractivity contribution is 9.10. The Morgan fingerprint density at radius 1 is 1.39 bits per heavy atom. The molecule has 1 amide bonds. The Kier molecular flexibility index (Phi) is 3.62. The predicted octanol–water partition coefficient (Wildman–Crippen LogP) is 3.11. The maximum atomic E-state index is 12.0. The maximum absolute atomic E-state index is 12.0. The number of phenolic OH excluding ortho intramolecular Hbond substituents is 1. The molecule has 1 aromatic carbocycles. The summed E-state index contributed by atoms with van der Waals surface area (Å²) in [5, 5.41) is 12.3. The van der Waals surface area contributed by atoms with E-state index in [2.05, 4.69) is 26.2 Å². The highest BCUT2D eigenvalue weighted by Crippen LogP contribution is 2.22. The normalized spacial score (nSPS) is 10.1. The summed E-state index contributed by atoms with van der Waals surface area (Å²) in [4.78, 5) is 15.9. The van der Waals surface area contributed by atoms with Crippen LogP contribution in [0.3, 0.4) is 0 Å². The van der Waals surface area contributed by atoms with Crippen LogP contribution in [0.5, 0.6) is 5.75 Å². The average Bonchev–Trinajstić information content (AvgIpc) is 2.35. The summed E-state index contributed by atoms with van der Waals surface area (Å²) in [5.74, 6) is -0.173. The second-order valence-electron chi connectivity index (χ2n) is 3.81. The number of carbonyl (C=O) groups is 1. The molecule has 0 aliphatic heterocycles. The van der Waals surface area contributed by atoms with Crippen LogP contribution in [0.25, 0.3) is 0 Å². The van der Waals surface area contributed by atoms with E-state index >= 15 is 0 Å². The van der Waals surface area contributed by atoms with Crippen LogP contribution < -0.4 is 5.32 Å². The van der Waals surface area contributed by atoms with E-state index in [9.17, 15) is 9.90 Å². The third-order valence-electron chi connectivity index (χ3n) is 2.49. The van der Waals surface area contributed by atoms with Crippen molar-refractivity contribution in [3.63, 3.8) is 0 Å². The van der Waals surface area contributed by atoms with E-state index in [0.29, 0.717) is 15.7 Å². The van der Waals surface area contributed by atoms with Gasteiger partial charge in [-0.15, -0.1) is 0 Å². The number of carbonyl (C=O) groups excluding carboxylic acids is 1. The number of amides is 1. The fourth-order valence-corrected chi connectivity index (χ4v) is 1.77. The minimum absolute atomic E-state index is 0.108. The molecule has 0 unspecified atom stereocenters. The number of nitrogens with zero attached hydrogens (tertiary/aromatic N) is 1. The Bertz CT molecular complexity index is 599. The summed E-state index contributed by atoms with van der Waals surface area (Å²) < 4.78 is 0.703. The quantitative estimate of drug-likeness (QED) is 0.896. The number of benzene rings is 1. The SMILES string of the molecule is Cc1ccc(C(=O)Nc2ccncc2Br)cc1O. The van der Waals surface area contributed by atoms with E-state index in [4.69, 9.17) is 0 Å². The van der Waals surface area contributed by atoms with Gasteiger partial charge in [0.1, 0.15) is 5.75 Å². The van der Waals surface area contributed by atoms with E-state index in [1.165, 1.54) is 6.07 Å². The number of halogens is 1. The van der Waals surface area contributed by atoms with Gasteiger partial charge in [-0.3, -0.25) is 9.78 Å². The largest absolute Gasteiger partial charge is 0.508 e. The van der Waals surface area contributed by atoms with Gasteiger partial charge in [0.2, 0.25) is 0 Å². The van der Waals surface area contributed by atoms with E-state index < -0.39 is 0 Å². The monoisotopic (exact) mass is 306 g/mol. The number of anilines is 1. The van der Waals surface area contributed by atoms with Crippen molar-refractivity contribution in [2.45, 2.75) is 6.92 Å². The van der Waals surface area contributed by atoms with Crippen molar-refractivity contribution in [2.24, 2.45) is 0 Å². The minimum Gasteiger partial charge on any atom is -0.508 e. The van der Waals surface area contributed by atoms with Gasteiger partial charge in [-0.2, -0.15) is 0 Å². The van der Waals surface area contributed by atoms with Crippen LogP contribution in [0.2, 0.25) is 0 Å². The molecule has 0 aliphatic carbocycles. The van der Waals surface area contributed by atoms with Crippen molar-refractivity contribution < 1.29 is 9.90 Å². The van der Waals surface area contributed by atoms with Crippen molar-refractivity contribution in [1.82, 2.24) is 4.98 Å². The molecule has 1 aromatic heterocycles. The molecule has 0 saturated heterocycles. The van der Waals surface area contributed by atoms with Gasteiger partial charge in [-0.05, 0) is 46.6 Å². The molecule has 2 N–H and O–H groups in total. The Morgan fingerprint density at radius 2 is 2.17 bits per heavy atom. The summed E-state index contributed by atoms with van der Waals surface area (Å²) in [6.07, 6.45) is 3.19. The zero-order chi connectivity index (χ0) is 13.1. The summed E-state index contributed by atoms with van der Waals surface area (Å²) in [5.41, 5.74) is 1.77. The molecular weight excluding hydrogens is 296 g/mol. The topological polar surface area (TPSA) is 62.2 Å². The first-order valence-electron chi connectivity index (χ1n) is 5.28. The average molecular weight is 307 g/mol. The van der Waals surface area contributed by atoms with Crippen molar-refractivity contribution in [3.05, 3.63) is 52.3 Å². The smallest absolute Gasteiger partial charge is 0.255 e. The molecule has 2 aromatic rings. The summed E-state index contributed by atoms with van der Waals surface area (Å²) in [6, 6.07) is 6.50. The zero-order valence-electron chi connectivity index (χ0n) is 9.64. The number of pyridine rings is 1. The van der Waals surface area contributed by atoms with Gasteiger partial charge in [-0.1, -0.05) is 6.07 Å². The van der Waals surface area contributed by atoms with E-state index in [1.807, 2.05) is 0 Å². The molecule has 1 heterocycles.